The number of nitrogens with one attached hydrogen (secondary N) is 2. The maximum atomic E-state index is 5.42. The van der Waals surface area contributed by atoms with Gasteiger partial charge >= 0.3 is 0 Å². The molecule has 2 aromatic heterocycles. The van der Waals surface area contributed by atoms with Gasteiger partial charge in [0.25, 0.3) is 0 Å². The molecule has 0 spiro atoms. The molecule has 8 heteroatoms. The average Bonchev–Trinajstić information content (AvgIpc) is 3.44. The molecule has 32 heavy (non-hydrogen) atoms. The first-order valence-corrected chi connectivity index (χ1v) is 11.4. The van der Waals surface area contributed by atoms with Gasteiger partial charge in [-0.3, -0.25) is 0 Å². The van der Waals surface area contributed by atoms with Gasteiger partial charge in [0, 0.05) is 36.7 Å². The molecule has 0 aliphatic heterocycles. The lowest BCUT2D eigenvalue weighted by molar-refractivity contribution is 0.414. The van der Waals surface area contributed by atoms with Gasteiger partial charge < -0.3 is 19.8 Å². The van der Waals surface area contributed by atoms with Crippen molar-refractivity contribution in [3.05, 3.63) is 70.1 Å². The molecule has 0 atom stereocenters. The van der Waals surface area contributed by atoms with E-state index in [-0.39, 0.29) is 29.4 Å². The van der Waals surface area contributed by atoms with E-state index in [1.54, 1.807) is 24.7 Å². The fourth-order valence-corrected chi connectivity index (χ4v) is 3.85. The number of benzene rings is 1. The third-order valence-corrected chi connectivity index (χ3v) is 6.01. The van der Waals surface area contributed by atoms with Crippen LogP contribution in [0, 0.1) is 0 Å². The minimum Gasteiger partial charge on any atom is -0.497 e. The molecule has 0 amide bonds. The topological polar surface area (TPSA) is 71.7 Å². The van der Waals surface area contributed by atoms with Crippen molar-refractivity contribution in [3.63, 3.8) is 0 Å². The number of guanidine groups is 1. The summed E-state index contributed by atoms with van der Waals surface area (Å²) in [5, 5.41) is 10.2. The first-order chi connectivity index (χ1) is 14.9. The van der Waals surface area contributed by atoms with E-state index in [4.69, 9.17) is 19.1 Å². The van der Waals surface area contributed by atoms with E-state index in [9.17, 15) is 0 Å². The number of methoxy groups -OCH3 is 1. The maximum Gasteiger partial charge on any atom is 0.191 e. The predicted octanol–water partition coefficient (Wildman–Crippen LogP) is 5.18. The molecule has 0 bridgehead atoms. The molecule has 0 saturated carbocycles. The number of aromatic nitrogens is 1. The highest BCUT2D eigenvalue weighted by Gasteiger charge is 2.17. The Morgan fingerprint density at radius 3 is 2.41 bits per heavy atom. The van der Waals surface area contributed by atoms with Gasteiger partial charge in [0.15, 0.2) is 5.96 Å². The summed E-state index contributed by atoms with van der Waals surface area (Å²) in [4.78, 5) is 9.53. The molecule has 0 saturated heterocycles. The summed E-state index contributed by atoms with van der Waals surface area (Å²) >= 11 is 1.73. The number of ether oxygens (including phenoxy) is 1. The first-order valence-electron chi connectivity index (χ1n) is 10.6. The van der Waals surface area contributed by atoms with Crippen LogP contribution in [-0.4, -0.2) is 31.1 Å². The largest absolute Gasteiger partial charge is 0.497 e. The molecular formula is C24H33IN4O2S. The number of rotatable bonds is 9. The Balaban J connectivity index is 0.00000363. The molecule has 0 fully saturated rings. The van der Waals surface area contributed by atoms with Crippen molar-refractivity contribution >= 4 is 41.3 Å². The molecule has 1 aromatic carbocycles. The van der Waals surface area contributed by atoms with E-state index in [0.717, 1.165) is 54.7 Å². The van der Waals surface area contributed by atoms with E-state index >= 15 is 0 Å². The third-order valence-electron chi connectivity index (χ3n) is 4.69. The Labute approximate surface area is 211 Å². The number of nitrogens with zero attached hydrogens (tertiary/aromatic N) is 2. The van der Waals surface area contributed by atoms with Gasteiger partial charge in [-0.25, -0.2) is 9.98 Å². The van der Waals surface area contributed by atoms with Crippen molar-refractivity contribution in [1.29, 1.82) is 0 Å². The standard InChI is InChI=1S/C24H32N4O2S.HI/c1-24(2,3)22-28-19(17-31-22)11-13-25-23(26-14-12-21-6-5-15-30-21)27-16-18-7-9-20(29-4)10-8-18;/h5-10,15,17H,11-14,16H2,1-4H3,(H2,25,26,27);1H. The van der Waals surface area contributed by atoms with Crippen molar-refractivity contribution in [1.82, 2.24) is 15.6 Å². The zero-order valence-corrected chi connectivity index (χ0v) is 22.3. The van der Waals surface area contributed by atoms with E-state index in [2.05, 4.69) is 36.8 Å². The van der Waals surface area contributed by atoms with E-state index in [1.165, 1.54) is 5.01 Å². The number of furan rings is 1. The second-order valence-electron chi connectivity index (χ2n) is 8.34. The zero-order valence-electron chi connectivity index (χ0n) is 19.2. The van der Waals surface area contributed by atoms with Crippen LogP contribution in [0.2, 0.25) is 0 Å². The lowest BCUT2D eigenvalue weighted by atomic mass is 9.98. The Morgan fingerprint density at radius 1 is 1.09 bits per heavy atom. The molecule has 0 aliphatic rings. The summed E-state index contributed by atoms with van der Waals surface area (Å²) in [6, 6.07) is 11.9. The minimum absolute atomic E-state index is 0. The molecular weight excluding hydrogens is 535 g/mol. The van der Waals surface area contributed by atoms with Crippen LogP contribution in [0.15, 0.2) is 57.5 Å². The lowest BCUT2D eigenvalue weighted by Crippen LogP contribution is -2.39. The lowest BCUT2D eigenvalue weighted by Gasteiger charge is -2.14. The fourth-order valence-electron chi connectivity index (χ4n) is 2.91. The van der Waals surface area contributed by atoms with Crippen LogP contribution < -0.4 is 15.4 Å². The zero-order chi connectivity index (χ0) is 22.1. The monoisotopic (exact) mass is 568 g/mol. The summed E-state index contributed by atoms with van der Waals surface area (Å²) in [7, 11) is 1.67. The third kappa shape index (κ3) is 8.46. The van der Waals surface area contributed by atoms with Gasteiger partial charge in [-0.15, -0.1) is 35.3 Å². The van der Waals surface area contributed by atoms with Crippen molar-refractivity contribution < 1.29 is 9.15 Å². The van der Waals surface area contributed by atoms with Crippen molar-refractivity contribution in [2.45, 2.75) is 45.6 Å². The summed E-state index contributed by atoms with van der Waals surface area (Å²) in [6.07, 6.45) is 3.36. The summed E-state index contributed by atoms with van der Waals surface area (Å²) < 4.78 is 10.6. The van der Waals surface area contributed by atoms with E-state index in [1.807, 2.05) is 36.4 Å². The maximum absolute atomic E-state index is 5.42. The van der Waals surface area contributed by atoms with Crippen LogP contribution in [-0.2, 0) is 24.8 Å². The van der Waals surface area contributed by atoms with E-state index < -0.39 is 0 Å². The highest BCUT2D eigenvalue weighted by Crippen LogP contribution is 2.25. The smallest absolute Gasteiger partial charge is 0.191 e. The Morgan fingerprint density at radius 2 is 1.81 bits per heavy atom. The normalized spacial score (nSPS) is 11.7. The minimum atomic E-state index is 0. The SMILES string of the molecule is COc1ccc(CN=C(NCCc2csc(C(C)(C)C)n2)NCCc2ccco2)cc1.I. The van der Waals surface area contributed by atoms with Gasteiger partial charge in [-0.2, -0.15) is 0 Å². The molecule has 0 radical (unpaired) electrons. The van der Waals surface area contributed by atoms with Crippen LogP contribution in [0.4, 0.5) is 0 Å². The quantitative estimate of drug-likeness (QED) is 0.212. The molecule has 6 nitrogen and oxygen atoms in total. The highest BCUT2D eigenvalue weighted by molar-refractivity contribution is 14.0. The Bertz CT molecular complexity index is 947. The van der Waals surface area contributed by atoms with Crippen molar-refractivity contribution in [2.24, 2.45) is 4.99 Å². The average molecular weight is 569 g/mol. The van der Waals surface area contributed by atoms with Crippen LogP contribution in [0.3, 0.4) is 0 Å². The van der Waals surface area contributed by atoms with Crippen LogP contribution in [0.1, 0.15) is 42.8 Å². The predicted molar refractivity (Wildman–Crippen MR) is 142 cm³/mol. The van der Waals surface area contributed by atoms with Gasteiger partial charge in [-0.1, -0.05) is 32.9 Å². The van der Waals surface area contributed by atoms with Crippen LogP contribution in [0.5, 0.6) is 5.75 Å². The molecule has 0 unspecified atom stereocenters. The number of halogens is 1. The number of thiazole rings is 1. The molecule has 3 rings (SSSR count). The molecule has 174 valence electrons. The molecule has 2 heterocycles. The van der Waals surface area contributed by atoms with Gasteiger partial charge in [-0.05, 0) is 29.8 Å². The Hall–Kier alpha value is -2.07. The van der Waals surface area contributed by atoms with Crippen LogP contribution in [0.25, 0.3) is 0 Å². The summed E-state index contributed by atoms with van der Waals surface area (Å²) in [6.45, 7) is 8.68. The number of hydrogen-bond acceptors (Lipinski definition) is 5. The summed E-state index contributed by atoms with van der Waals surface area (Å²) in [5.74, 6) is 2.59. The Kier molecular flexibility index (Phi) is 10.5. The highest BCUT2D eigenvalue weighted by atomic mass is 127. The summed E-state index contributed by atoms with van der Waals surface area (Å²) in [5.41, 5.74) is 2.34. The van der Waals surface area contributed by atoms with Crippen molar-refractivity contribution in [3.8, 4) is 5.75 Å². The number of hydrogen-bond donors (Lipinski definition) is 2. The fraction of sp³-hybridized carbons (Fsp3) is 0.417. The van der Waals surface area contributed by atoms with E-state index in [0.29, 0.717) is 6.54 Å². The van der Waals surface area contributed by atoms with Crippen molar-refractivity contribution in [2.75, 3.05) is 20.2 Å². The van der Waals surface area contributed by atoms with Gasteiger partial charge in [0.2, 0.25) is 0 Å². The molecule has 2 N–H and O–H groups in total. The van der Waals surface area contributed by atoms with Crippen LogP contribution >= 0.6 is 35.3 Å². The molecule has 0 aliphatic carbocycles. The molecule has 3 aromatic rings. The number of aliphatic imine (C=N–C) groups is 1. The van der Waals surface area contributed by atoms with Gasteiger partial charge in [0.05, 0.1) is 30.6 Å². The second kappa shape index (κ2) is 12.8. The second-order valence-corrected chi connectivity index (χ2v) is 9.20. The first kappa shape index (κ1) is 26.2. The van der Waals surface area contributed by atoms with Gasteiger partial charge in [0.1, 0.15) is 11.5 Å².